The van der Waals surface area contributed by atoms with Gasteiger partial charge in [0, 0.05) is 12.1 Å². The number of carbonyl (C=O) groups is 2. The van der Waals surface area contributed by atoms with Crippen LogP contribution in [0.3, 0.4) is 0 Å². The van der Waals surface area contributed by atoms with Gasteiger partial charge in [-0.05, 0) is 12.0 Å². The Bertz CT molecular complexity index is 428. The summed E-state index contributed by atoms with van der Waals surface area (Å²) in [7, 11) is 0. The number of hydrogen-bond acceptors (Lipinski definition) is 3. The van der Waals surface area contributed by atoms with Gasteiger partial charge < -0.3 is 15.2 Å². The van der Waals surface area contributed by atoms with Crippen molar-refractivity contribution in [1.82, 2.24) is 5.32 Å². The molecule has 0 aliphatic carbocycles. The van der Waals surface area contributed by atoms with Crippen LogP contribution in [0, 0.1) is 0 Å². The average molecular weight is 249 g/mol. The molecule has 1 aromatic rings. The van der Waals surface area contributed by atoms with Crippen LogP contribution in [0.25, 0.3) is 0 Å². The third kappa shape index (κ3) is 5.16. The number of alkyl carbamates (subject to hydrolysis) is 1. The molecule has 1 amide bonds. The summed E-state index contributed by atoms with van der Waals surface area (Å²) in [5, 5.41) is 11.0. The summed E-state index contributed by atoms with van der Waals surface area (Å²) in [6, 6.07) is 9.28. The number of benzene rings is 1. The molecule has 0 aliphatic rings. The van der Waals surface area contributed by atoms with Crippen molar-refractivity contribution in [2.45, 2.75) is 13.0 Å². The van der Waals surface area contributed by atoms with Crippen LogP contribution in [0.4, 0.5) is 4.79 Å². The van der Waals surface area contributed by atoms with Gasteiger partial charge in [0.05, 0.1) is 0 Å². The molecule has 1 rings (SSSR count). The molecule has 0 aromatic heterocycles. The summed E-state index contributed by atoms with van der Waals surface area (Å²) in [6.07, 6.45) is -0.382. The van der Waals surface area contributed by atoms with Gasteiger partial charge in [-0.2, -0.15) is 0 Å². The number of carbonyl (C=O) groups excluding carboxylic acids is 1. The number of carboxylic acid groups (broad SMARTS) is 1. The summed E-state index contributed by atoms with van der Waals surface area (Å²) in [5.74, 6) is -1.06. The van der Waals surface area contributed by atoms with Gasteiger partial charge in [-0.1, -0.05) is 36.9 Å². The van der Waals surface area contributed by atoms with Crippen LogP contribution in [0.2, 0.25) is 0 Å². The highest BCUT2D eigenvalue weighted by Gasteiger charge is 2.05. The third-order valence-corrected chi connectivity index (χ3v) is 2.21. The number of rotatable bonds is 6. The van der Waals surface area contributed by atoms with Gasteiger partial charge in [0.15, 0.2) is 0 Å². The maximum atomic E-state index is 11.3. The van der Waals surface area contributed by atoms with E-state index in [2.05, 4.69) is 11.9 Å². The Hall–Kier alpha value is -2.30. The lowest BCUT2D eigenvalue weighted by Crippen LogP contribution is -2.26. The maximum Gasteiger partial charge on any atom is 0.407 e. The zero-order valence-electron chi connectivity index (χ0n) is 9.89. The molecule has 0 heterocycles. The van der Waals surface area contributed by atoms with E-state index >= 15 is 0 Å². The van der Waals surface area contributed by atoms with Crippen LogP contribution < -0.4 is 5.32 Å². The number of carboxylic acids is 1. The van der Waals surface area contributed by atoms with Crippen molar-refractivity contribution < 1.29 is 19.4 Å². The second-order valence-corrected chi connectivity index (χ2v) is 3.65. The first-order valence-electron chi connectivity index (χ1n) is 5.45. The Labute approximate surface area is 105 Å². The standard InChI is InChI=1S/C13H15NO4/c1-10(12(15)16)7-8-14-13(17)18-9-11-5-3-2-4-6-11/h2-6H,1,7-9H2,(H,14,17)(H,15,16). The van der Waals surface area contributed by atoms with Crippen LogP contribution in [0.5, 0.6) is 0 Å². The lowest BCUT2D eigenvalue weighted by molar-refractivity contribution is -0.132. The lowest BCUT2D eigenvalue weighted by Gasteiger charge is -2.06. The molecule has 5 nitrogen and oxygen atoms in total. The Balaban J connectivity index is 2.19. The SMILES string of the molecule is C=C(CCNC(=O)OCc1ccccc1)C(=O)O. The third-order valence-electron chi connectivity index (χ3n) is 2.21. The largest absolute Gasteiger partial charge is 0.478 e. The van der Waals surface area contributed by atoms with Gasteiger partial charge in [0.25, 0.3) is 0 Å². The number of nitrogens with one attached hydrogen (secondary N) is 1. The second-order valence-electron chi connectivity index (χ2n) is 3.65. The predicted octanol–water partition coefficient (Wildman–Crippen LogP) is 1.94. The highest BCUT2D eigenvalue weighted by molar-refractivity contribution is 5.85. The Kier molecular flexibility index (Phi) is 5.44. The van der Waals surface area contributed by atoms with E-state index in [0.29, 0.717) is 0 Å². The Morgan fingerprint density at radius 2 is 1.94 bits per heavy atom. The minimum atomic E-state index is -1.06. The van der Waals surface area contributed by atoms with E-state index in [0.717, 1.165) is 5.56 Å². The van der Waals surface area contributed by atoms with E-state index in [9.17, 15) is 9.59 Å². The van der Waals surface area contributed by atoms with Gasteiger partial charge in [-0.25, -0.2) is 9.59 Å². The van der Waals surface area contributed by atoms with Gasteiger partial charge in [-0.3, -0.25) is 0 Å². The molecule has 0 fully saturated rings. The molecular formula is C13H15NO4. The first kappa shape index (κ1) is 13.8. The number of aliphatic carboxylic acids is 1. The van der Waals surface area contributed by atoms with Crippen molar-refractivity contribution in [3.63, 3.8) is 0 Å². The molecule has 18 heavy (non-hydrogen) atoms. The van der Waals surface area contributed by atoms with Crippen molar-refractivity contribution in [3.05, 3.63) is 48.0 Å². The molecule has 0 aliphatic heterocycles. The number of hydrogen-bond donors (Lipinski definition) is 2. The minimum Gasteiger partial charge on any atom is -0.478 e. The summed E-state index contributed by atoms with van der Waals surface area (Å²) in [5.41, 5.74) is 0.945. The van der Waals surface area contributed by atoms with E-state index in [1.54, 1.807) is 0 Å². The zero-order chi connectivity index (χ0) is 13.4. The molecular weight excluding hydrogens is 234 g/mol. The number of ether oxygens (including phenoxy) is 1. The van der Waals surface area contributed by atoms with Crippen molar-refractivity contribution in [2.75, 3.05) is 6.54 Å². The lowest BCUT2D eigenvalue weighted by atomic mass is 10.2. The van der Waals surface area contributed by atoms with Crippen LogP contribution in [-0.2, 0) is 16.1 Å². The zero-order valence-corrected chi connectivity index (χ0v) is 9.89. The van der Waals surface area contributed by atoms with E-state index in [4.69, 9.17) is 9.84 Å². The van der Waals surface area contributed by atoms with Crippen LogP contribution in [0.15, 0.2) is 42.5 Å². The summed E-state index contributed by atoms with van der Waals surface area (Å²) in [6.45, 7) is 3.73. The van der Waals surface area contributed by atoms with Gasteiger partial charge in [0.1, 0.15) is 6.61 Å². The van der Waals surface area contributed by atoms with Crippen molar-refractivity contribution in [3.8, 4) is 0 Å². The molecule has 0 saturated carbocycles. The van der Waals surface area contributed by atoms with Gasteiger partial charge in [-0.15, -0.1) is 0 Å². The van der Waals surface area contributed by atoms with E-state index in [1.165, 1.54) is 0 Å². The minimum absolute atomic E-state index is 0.0540. The molecule has 96 valence electrons. The van der Waals surface area contributed by atoms with Gasteiger partial charge in [0.2, 0.25) is 0 Å². The van der Waals surface area contributed by atoms with Crippen LogP contribution in [0.1, 0.15) is 12.0 Å². The summed E-state index contributed by atoms with van der Waals surface area (Å²) < 4.78 is 4.94. The fourth-order valence-corrected chi connectivity index (χ4v) is 1.20. The quantitative estimate of drug-likeness (QED) is 0.755. The molecule has 2 N–H and O–H groups in total. The Morgan fingerprint density at radius 3 is 2.56 bits per heavy atom. The average Bonchev–Trinajstić information content (AvgIpc) is 2.37. The molecule has 0 spiro atoms. The second kappa shape index (κ2) is 7.11. The molecule has 1 aromatic carbocycles. The molecule has 0 radical (unpaired) electrons. The summed E-state index contributed by atoms with van der Waals surface area (Å²) >= 11 is 0. The van der Waals surface area contributed by atoms with E-state index in [1.807, 2.05) is 30.3 Å². The maximum absolute atomic E-state index is 11.3. The predicted molar refractivity (Wildman–Crippen MR) is 66.0 cm³/mol. The van der Waals surface area contributed by atoms with E-state index in [-0.39, 0.29) is 25.1 Å². The monoisotopic (exact) mass is 249 g/mol. The fourth-order valence-electron chi connectivity index (χ4n) is 1.20. The molecule has 5 heteroatoms. The van der Waals surface area contributed by atoms with Crippen LogP contribution >= 0.6 is 0 Å². The first-order valence-corrected chi connectivity index (χ1v) is 5.45. The van der Waals surface area contributed by atoms with Gasteiger partial charge >= 0.3 is 12.1 Å². The topological polar surface area (TPSA) is 75.6 Å². The van der Waals surface area contributed by atoms with Crippen molar-refractivity contribution in [2.24, 2.45) is 0 Å². The smallest absolute Gasteiger partial charge is 0.407 e. The molecule has 0 bridgehead atoms. The first-order chi connectivity index (χ1) is 8.59. The van der Waals surface area contributed by atoms with Crippen molar-refractivity contribution >= 4 is 12.1 Å². The Morgan fingerprint density at radius 1 is 1.28 bits per heavy atom. The van der Waals surface area contributed by atoms with Crippen LogP contribution in [-0.4, -0.2) is 23.7 Å². The highest BCUT2D eigenvalue weighted by Crippen LogP contribution is 2.01. The number of amides is 1. The fraction of sp³-hybridized carbons (Fsp3) is 0.231. The molecule has 0 atom stereocenters. The highest BCUT2D eigenvalue weighted by atomic mass is 16.5. The summed E-state index contributed by atoms with van der Waals surface area (Å²) in [4.78, 5) is 21.7. The molecule has 0 saturated heterocycles. The van der Waals surface area contributed by atoms with E-state index < -0.39 is 12.1 Å². The van der Waals surface area contributed by atoms with Crippen molar-refractivity contribution in [1.29, 1.82) is 0 Å². The normalized spacial score (nSPS) is 9.56. The molecule has 0 unspecified atom stereocenters.